The molecule has 0 spiro atoms. The van der Waals surface area contributed by atoms with Crippen LogP contribution in [0, 0.1) is 0 Å². The average Bonchev–Trinajstić information content (AvgIpc) is 2.44. The molecule has 6 nitrogen and oxygen atoms in total. The molecule has 0 aliphatic carbocycles. The molecular formula is C15H23NO5. The van der Waals surface area contributed by atoms with Crippen molar-refractivity contribution in [2.45, 2.75) is 32.4 Å². The second-order valence-electron chi connectivity index (χ2n) is 4.87. The Hall–Kier alpha value is -1.95. The second kappa shape index (κ2) is 7.73. The highest BCUT2D eigenvalue weighted by molar-refractivity contribution is 5.98. The third kappa shape index (κ3) is 4.53. The molecule has 2 N–H and O–H groups in total. The van der Waals surface area contributed by atoms with Gasteiger partial charge < -0.3 is 24.6 Å². The number of nitrogens with one attached hydrogen (secondary N) is 1. The Bertz CT molecular complexity index is 487. The molecule has 0 aromatic heterocycles. The van der Waals surface area contributed by atoms with E-state index in [2.05, 4.69) is 5.32 Å². The maximum absolute atomic E-state index is 12.3. The first-order valence-corrected chi connectivity index (χ1v) is 6.71. The molecule has 0 fully saturated rings. The average molecular weight is 297 g/mol. The van der Waals surface area contributed by atoms with Crippen LogP contribution in [0.15, 0.2) is 12.1 Å². The van der Waals surface area contributed by atoms with Gasteiger partial charge in [-0.25, -0.2) is 0 Å². The summed E-state index contributed by atoms with van der Waals surface area (Å²) >= 11 is 0. The van der Waals surface area contributed by atoms with E-state index in [0.717, 1.165) is 0 Å². The quantitative estimate of drug-likeness (QED) is 0.799. The molecule has 6 heteroatoms. The van der Waals surface area contributed by atoms with Crippen molar-refractivity contribution in [3.8, 4) is 17.2 Å². The lowest BCUT2D eigenvalue weighted by molar-refractivity contribution is 0.0919. The van der Waals surface area contributed by atoms with Gasteiger partial charge in [-0.2, -0.15) is 0 Å². The van der Waals surface area contributed by atoms with Crippen molar-refractivity contribution in [3.05, 3.63) is 17.7 Å². The third-order valence-electron chi connectivity index (χ3n) is 3.02. The number of benzene rings is 1. The first-order valence-electron chi connectivity index (χ1n) is 6.71. The lowest BCUT2D eigenvalue weighted by Crippen LogP contribution is -2.34. The van der Waals surface area contributed by atoms with E-state index in [1.807, 2.05) is 6.92 Å². The Morgan fingerprint density at radius 1 is 1.10 bits per heavy atom. The Kier molecular flexibility index (Phi) is 6.30. The zero-order chi connectivity index (χ0) is 16.0. The molecule has 0 saturated heterocycles. The van der Waals surface area contributed by atoms with Crippen LogP contribution in [0.25, 0.3) is 0 Å². The zero-order valence-electron chi connectivity index (χ0n) is 13.1. The van der Waals surface area contributed by atoms with Gasteiger partial charge in [0.15, 0.2) is 11.5 Å². The van der Waals surface area contributed by atoms with Crippen LogP contribution in [0.1, 0.15) is 30.6 Å². The first kappa shape index (κ1) is 17.1. The van der Waals surface area contributed by atoms with E-state index in [-0.39, 0.29) is 11.9 Å². The number of ether oxygens (including phenoxy) is 3. The van der Waals surface area contributed by atoms with Gasteiger partial charge >= 0.3 is 0 Å². The molecule has 0 heterocycles. The summed E-state index contributed by atoms with van der Waals surface area (Å²) < 4.78 is 15.6. The van der Waals surface area contributed by atoms with E-state index >= 15 is 0 Å². The Morgan fingerprint density at radius 2 is 1.62 bits per heavy atom. The van der Waals surface area contributed by atoms with Gasteiger partial charge in [0, 0.05) is 18.2 Å². The number of aliphatic hydroxyl groups excluding tert-OH is 1. The van der Waals surface area contributed by atoms with Crippen molar-refractivity contribution < 1.29 is 24.1 Å². The fraction of sp³-hybridized carbons (Fsp3) is 0.533. The highest BCUT2D eigenvalue weighted by Gasteiger charge is 2.19. The van der Waals surface area contributed by atoms with E-state index in [4.69, 9.17) is 14.2 Å². The van der Waals surface area contributed by atoms with Crippen molar-refractivity contribution in [1.29, 1.82) is 0 Å². The Labute approximate surface area is 125 Å². The summed E-state index contributed by atoms with van der Waals surface area (Å²) in [7, 11) is 4.50. The lowest BCUT2D eigenvalue weighted by Gasteiger charge is -2.18. The number of aliphatic hydroxyl groups is 1. The third-order valence-corrected chi connectivity index (χ3v) is 3.02. The minimum Gasteiger partial charge on any atom is -0.496 e. The highest BCUT2D eigenvalue weighted by Crippen LogP contribution is 2.34. The van der Waals surface area contributed by atoms with Gasteiger partial charge in [0.25, 0.3) is 5.91 Å². The molecular weight excluding hydrogens is 274 g/mol. The molecule has 0 saturated carbocycles. The Balaban J connectivity index is 3.02. The number of rotatable bonds is 7. The smallest absolute Gasteiger partial charge is 0.255 e. The van der Waals surface area contributed by atoms with Gasteiger partial charge in [-0.15, -0.1) is 0 Å². The summed E-state index contributed by atoms with van der Waals surface area (Å²) in [6.07, 6.45) is -0.00552. The second-order valence-corrected chi connectivity index (χ2v) is 4.87. The molecule has 118 valence electrons. The van der Waals surface area contributed by atoms with Crippen LogP contribution in [0.2, 0.25) is 0 Å². The number of carbonyl (C=O) groups is 1. The summed E-state index contributed by atoms with van der Waals surface area (Å²) in [6, 6.07) is 3.02. The maximum atomic E-state index is 12.3. The first-order chi connectivity index (χ1) is 9.92. The van der Waals surface area contributed by atoms with Gasteiger partial charge in [0.1, 0.15) is 5.75 Å². The number of hydrogen-bond donors (Lipinski definition) is 2. The van der Waals surface area contributed by atoms with Gasteiger partial charge in [-0.1, -0.05) is 0 Å². The monoisotopic (exact) mass is 297 g/mol. The van der Waals surface area contributed by atoms with Crippen LogP contribution in [0.4, 0.5) is 0 Å². The number of amides is 1. The van der Waals surface area contributed by atoms with Crippen LogP contribution in [-0.2, 0) is 0 Å². The molecule has 21 heavy (non-hydrogen) atoms. The minimum absolute atomic E-state index is 0.157. The van der Waals surface area contributed by atoms with Crippen LogP contribution < -0.4 is 19.5 Å². The van der Waals surface area contributed by atoms with Gasteiger partial charge in [0.05, 0.1) is 33.0 Å². The van der Waals surface area contributed by atoms with E-state index < -0.39 is 6.10 Å². The van der Waals surface area contributed by atoms with E-state index in [9.17, 15) is 9.90 Å². The Morgan fingerprint density at radius 3 is 2.10 bits per heavy atom. The van der Waals surface area contributed by atoms with E-state index in [1.54, 1.807) is 19.1 Å². The van der Waals surface area contributed by atoms with Crippen molar-refractivity contribution in [2.24, 2.45) is 0 Å². The van der Waals surface area contributed by atoms with Crippen LogP contribution in [0.3, 0.4) is 0 Å². The summed E-state index contributed by atoms with van der Waals surface area (Å²) in [5.74, 6) is 1.05. The van der Waals surface area contributed by atoms with Crippen molar-refractivity contribution >= 4 is 5.91 Å². The number of hydrogen-bond acceptors (Lipinski definition) is 5. The fourth-order valence-corrected chi connectivity index (χ4v) is 2.08. The molecule has 1 amide bonds. The maximum Gasteiger partial charge on any atom is 0.255 e. The van der Waals surface area contributed by atoms with Gasteiger partial charge in [-0.05, 0) is 20.3 Å². The summed E-state index contributed by atoms with van der Waals surface area (Å²) in [5, 5.41) is 12.2. The zero-order valence-corrected chi connectivity index (χ0v) is 13.1. The SMILES string of the molecule is COc1cc(OC)c(C(=O)NC(C)CC(C)O)cc1OC. The predicted octanol–water partition coefficient (Wildman–Crippen LogP) is 1.60. The van der Waals surface area contributed by atoms with Crippen LogP contribution in [-0.4, -0.2) is 44.5 Å². The van der Waals surface area contributed by atoms with Gasteiger partial charge in [-0.3, -0.25) is 4.79 Å². The van der Waals surface area contributed by atoms with Crippen molar-refractivity contribution in [1.82, 2.24) is 5.32 Å². The molecule has 2 unspecified atom stereocenters. The summed E-state index contributed by atoms with van der Waals surface area (Å²) in [5.41, 5.74) is 0.354. The van der Waals surface area contributed by atoms with E-state index in [1.165, 1.54) is 21.3 Å². The normalized spacial score (nSPS) is 13.2. The largest absolute Gasteiger partial charge is 0.496 e. The van der Waals surface area contributed by atoms with Gasteiger partial charge in [0.2, 0.25) is 0 Å². The topological polar surface area (TPSA) is 77.0 Å². The number of carbonyl (C=O) groups excluding carboxylic acids is 1. The van der Waals surface area contributed by atoms with Crippen LogP contribution >= 0.6 is 0 Å². The lowest BCUT2D eigenvalue weighted by atomic mass is 10.1. The molecule has 1 aromatic carbocycles. The predicted molar refractivity (Wildman–Crippen MR) is 79.3 cm³/mol. The minimum atomic E-state index is -0.479. The highest BCUT2D eigenvalue weighted by atomic mass is 16.5. The molecule has 1 aromatic rings. The molecule has 0 radical (unpaired) electrons. The summed E-state index contributed by atoms with van der Waals surface area (Å²) in [4.78, 5) is 12.3. The molecule has 0 bridgehead atoms. The van der Waals surface area contributed by atoms with Crippen molar-refractivity contribution in [2.75, 3.05) is 21.3 Å². The molecule has 0 aliphatic heterocycles. The fourth-order valence-electron chi connectivity index (χ4n) is 2.08. The standard InChI is InChI=1S/C15H23NO5/c1-9(6-10(2)17)16-15(18)11-7-13(20-4)14(21-5)8-12(11)19-3/h7-10,17H,6H2,1-5H3,(H,16,18). The molecule has 2 atom stereocenters. The number of methoxy groups -OCH3 is 3. The van der Waals surface area contributed by atoms with E-state index in [0.29, 0.717) is 29.2 Å². The summed E-state index contributed by atoms with van der Waals surface area (Å²) in [6.45, 7) is 3.51. The molecule has 0 aliphatic rings. The van der Waals surface area contributed by atoms with Crippen molar-refractivity contribution in [3.63, 3.8) is 0 Å². The van der Waals surface area contributed by atoms with Crippen LogP contribution in [0.5, 0.6) is 17.2 Å². The molecule has 1 rings (SSSR count).